The standard InChI is InChI=1S/C19H22N2O2/c1-14-16(10-11-17(20-14)23-2)21-18(22)19(12-6-7-13-19)15-8-4-3-5-9-15/h3-5,8-11H,6-7,12-13H2,1-2H3,(H,21,22). The molecule has 0 saturated heterocycles. The highest BCUT2D eigenvalue weighted by Crippen LogP contribution is 2.42. The van der Waals surface area contributed by atoms with Gasteiger partial charge in [-0.1, -0.05) is 43.2 Å². The number of hydrogen-bond donors (Lipinski definition) is 1. The topological polar surface area (TPSA) is 51.2 Å². The van der Waals surface area contributed by atoms with Crippen LogP contribution in [-0.2, 0) is 10.2 Å². The fourth-order valence-corrected chi connectivity index (χ4v) is 3.41. The van der Waals surface area contributed by atoms with Gasteiger partial charge in [0.15, 0.2) is 0 Å². The summed E-state index contributed by atoms with van der Waals surface area (Å²) in [7, 11) is 1.59. The van der Waals surface area contributed by atoms with Crippen LogP contribution in [0.15, 0.2) is 42.5 Å². The van der Waals surface area contributed by atoms with Crippen LogP contribution in [0.5, 0.6) is 5.88 Å². The van der Waals surface area contributed by atoms with Gasteiger partial charge in [0.1, 0.15) is 0 Å². The SMILES string of the molecule is COc1ccc(NC(=O)C2(c3ccccc3)CCCC2)c(C)n1. The molecule has 1 amide bonds. The number of carbonyl (C=O) groups excluding carboxylic acids is 1. The number of rotatable bonds is 4. The third kappa shape index (κ3) is 2.93. The largest absolute Gasteiger partial charge is 0.481 e. The van der Waals surface area contributed by atoms with E-state index < -0.39 is 5.41 Å². The summed E-state index contributed by atoms with van der Waals surface area (Å²) in [5.41, 5.74) is 2.19. The molecule has 1 saturated carbocycles. The van der Waals surface area contributed by atoms with E-state index in [-0.39, 0.29) is 5.91 Å². The second-order valence-electron chi connectivity index (χ2n) is 6.10. The molecular formula is C19H22N2O2. The van der Waals surface area contributed by atoms with Crippen LogP contribution in [0.3, 0.4) is 0 Å². The van der Waals surface area contributed by atoms with Gasteiger partial charge in [-0.3, -0.25) is 4.79 Å². The minimum atomic E-state index is -0.423. The Balaban J connectivity index is 1.88. The van der Waals surface area contributed by atoms with E-state index in [4.69, 9.17) is 4.74 Å². The molecule has 0 radical (unpaired) electrons. The van der Waals surface area contributed by atoms with Crippen molar-refractivity contribution in [2.24, 2.45) is 0 Å². The van der Waals surface area contributed by atoms with Crippen LogP contribution in [-0.4, -0.2) is 18.0 Å². The van der Waals surface area contributed by atoms with E-state index in [9.17, 15) is 4.79 Å². The number of anilines is 1. The van der Waals surface area contributed by atoms with Crippen molar-refractivity contribution in [1.82, 2.24) is 4.98 Å². The van der Waals surface area contributed by atoms with Gasteiger partial charge in [0.25, 0.3) is 0 Å². The highest BCUT2D eigenvalue weighted by Gasteiger charge is 2.42. The predicted molar refractivity (Wildman–Crippen MR) is 90.7 cm³/mol. The summed E-state index contributed by atoms with van der Waals surface area (Å²) in [6, 6.07) is 13.7. The molecule has 4 heteroatoms. The molecule has 23 heavy (non-hydrogen) atoms. The van der Waals surface area contributed by atoms with Crippen molar-refractivity contribution in [3.63, 3.8) is 0 Å². The lowest BCUT2D eigenvalue weighted by Crippen LogP contribution is -2.38. The lowest BCUT2D eigenvalue weighted by Gasteiger charge is -2.28. The molecule has 1 heterocycles. The second-order valence-corrected chi connectivity index (χ2v) is 6.10. The van der Waals surface area contributed by atoms with Gasteiger partial charge >= 0.3 is 0 Å². The summed E-state index contributed by atoms with van der Waals surface area (Å²) in [4.78, 5) is 17.4. The normalized spacial score (nSPS) is 16.1. The van der Waals surface area contributed by atoms with Crippen LogP contribution < -0.4 is 10.1 Å². The Kier molecular flexibility index (Phi) is 4.33. The van der Waals surface area contributed by atoms with E-state index in [0.29, 0.717) is 5.88 Å². The van der Waals surface area contributed by atoms with Crippen molar-refractivity contribution < 1.29 is 9.53 Å². The van der Waals surface area contributed by atoms with E-state index in [0.717, 1.165) is 42.6 Å². The number of aryl methyl sites for hydroxylation is 1. The van der Waals surface area contributed by atoms with E-state index in [1.807, 2.05) is 31.2 Å². The first kappa shape index (κ1) is 15.5. The van der Waals surface area contributed by atoms with Gasteiger partial charge in [0, 0.05) is 6.07 Å². The summed E-state index contributed by atoms with van der Waals surface area (Å²) in [6.07, 6.45) is 3.96. The fraction of sp³-hybridized carbons (Fsp3) is 0.368. The van der Waals surface area contributed by atoms with Gasteiger partial charge in [-0.2, -0.15) is 0 Å². The molecule has 4 nitrogen and oxygen atoms in total. The Morgan fingerprint density at radius 1 is 1.13 bits per heavy atom. The number of nitrogens with zero attached hydrogens (tertiary/aromatic N) is 1. The van der Waals surface area contributed by atoms with Gasteiger partial charge < -0.3 is 10.1 Å². The van der Waals surface area contributed by atoms with E-state index in [2.05, 4.69) is 22.4 Å². The second kappa shape index (κ2) is 6.41. The minimum Gasteiger partial charge on any atom is -0.481 e. The molecule has 3 rings (SSSR count). The zero-order chi connectivity index (χ0) is 16.3. The Labute approximate surface area is 136 Å². The number of hydrogen-bond acceptors (Lipinski definition) is 3. The molecule has 1 N–H and O–H groups in total. The van der Waals surface area contributed by atoms with Crippen molar-refractivity contribution in [2.45, 2.75) is 38.0 Å². The molecule has 0 spiro atoms. The lowest BCUT2D eigenvalue weighted by atomic mass is 9.78. The van der Waals surface area contributed by atoms with Gasteiger partial charge in [-0.15, -0.1) is 0 Å². The first-order valence-electron chi connectivity index (χ1n) is 8.04. The summed E-state index contributed by atoms with van der Waals surface area (Å²) in [6.45, 7) is 1.88. The Morgan fingerprint density at radius 3 is 2.43 bits per heavy atom. The van der Waals surface area contributed by atoms with Crippen LogP contribution in [0.2, 0.25) is 0 Å². The predicted octanol–water partition coefficient (Wildman–Crippen LogP) is 3.85. The quantitative estimate of drug-likeness (QED) is 0.933. The van der Waals surface area contributed by atoms with Gasteiger partial charge in [0.05, 0.1) is 23.9 Å². The van der Waals surface area contributed by atoms with Crippen LogP contribution in [0.1, 0.15) is 36.9 Å². The monoisotopic (exact) mass is 310 g/mol. The molecule has 0 unspecified atom stereocenters. The minimum absolute atomic E-state index is 0.0660. The molecule has 0 atom stereocenters. The fourth-order valence-electron chi connectivity index (χ4n) is 3.41. The molecule has 1 aromatic carbocycles. The molecule has 1 aromatic heterocycles. The Morgan fingerprint density at radius 2 is 1.83 bits per heavy atom. The first-order chi connectivity index (χ1) is 11.2. The van der Waals surface area contributed by atoms with Crippen LogP contribution in [0.4, 0.5) is 5.69 Å². The van der Waals surface area contributed by atoms with Crippen LogP contribution in [0, 0.1) is 6.92 Å². The lowest BCUT2D eigenvalue weighted by molar-refractivity contribution is -0.121. The van der Waals surface area contributed by atoms with Gasteiger partial charge in [0.2, 0.25) is 11.8 Å². The summed E-state index contributed by atoms with van der Waals surface area (Å²) < 4.78 is 5.12. The number of aromatic nitrogens is 1. The van der Waals surface area contributed by atoms with Gasteiger partial charge in [-0.25, -0.2) is 4.98 Å². The summed E-state index contributed by atoms with van der Waals surface area (Å²) in [5.74, 6) is 0.621. The molecule has 0 bridgehead atoms. The number of ether oxygens (including phenoxy) is 1. The maximum absolute atomic E-state index is 13.1. The van der Waals surface area contributed by atoms with E-state index in [1.165, 1.54) is 0 Å². The molecule has 2 aromatic rings. The summed E-state index contributed by atoms with van der Waals surface area (Å²) >= 11 is 0. The number of amides is 1. The van der Waals surface area contributed by atoms with Crippen molar-refractivity contribution in [2.75, 3.05) is 12.4 Å². The molecular weight excluding hydrogens is 288 g/mol. The maximum Gasteiger partial charge on any atom is 0.235 e. The maximum atomic E-state index is 13.1. The molecule has 120 valence electrons. The van der Waals surface area contributed by atoms with Crippen molar-refractivity contribution in [1.29, 1.82) is 0 Å². The highest BCUT2D eigenvalue weighted by atomic mass is 16.5. The molecule has 1 aliphatic rings. The third-order valence-electron chi connectivity index (χ3n) is 4.74. The number of nitrogens with one attached hydrogen (secondary N) is 1. The molecule has 1 fully saturated rings. The zero-order valence-corrected chi connectivity index (χ0v) is 13.6. The van der Waals surface area contributed by atoms with Crippen LogP contribution in [0.25, 0.3) is 0 Å². The van der Waals surface area contributed by atoms with Crippen molar-refractivity contribution in [3.05, 3.63) is 53.7 Å². The number of carbonyl (C=O) groups is 1. The third-order valence-corrected chi connectivity index (χ3v) is 4.74. The Bertz CT molecular complexity index is 692. The highest BCUT2D eigenvalue weighted by molar-refractivity contribution is 5.99. The number of pyridine rings is 1. The molecule has 0 aliphatic heterocycles. The van der Waals surface area contributed by atoms with E-state index in [1.54, 1.807) is 13.2 Å². The summed E-state index contributed by atoms with van der Waals surface area (Å²) in [5, 5.41) is 3.09. The Hall–Kier alpha value is -2.36. The number of benzene rings is 1. The average molecular weight is 310 g/mol. The van der Waals surface area contributed by atoms with Gasteiger partial charge in [-0.05, 0) is 31.4 Å². The van der Waals surface area contributed by atoms with Crippen LogP contribution >= 0.6 is 0 Å². The zero-order valence-electron chi connectivity index (χ0n) is 13.6. The van der Waals surface area contributed by atoms with E-state index >= 15 is 0 Å². The smallest absolute Gasteiger partial charge is 0.235 e. The van der Waals surface area contributed by atoms with Crippen molar-refractivity contribution in [3.8, 4) is 5.88 Å². The molecule has 1 aliphatic carbocycles. The average Bonchev–Trinajstić information content (AvgIpc) is 3.08. The van der Waals surface area contributed by atoms with Crippen molar-refractivity contribution >= 4 is 11.6 Å². The number of methoxy groups -OCH3 is 1. The first-order valence-corrected chi connectivity index (χ1v) is 8.04.